The van der Waals surface area contributed by atoms with Gasteiger partial charge in [0.05, 0.1) is 12.2 Å². The van der Waals surface area contributed by atoms with Crippen LogP contribution in [0.15, 0.2) is 0 Å². The minimum atomic E-state index is -0.521. The summed E-state index contributed by atoms with van der Waals surface area (Å²) in [6.45, 7) is 0. The van der Waals surface area contributed by atoms with E-state index >= 15 is 0 Å². The van der Waals surface area contributed by atoms with Crippen LogP contribution in [0.25, 0.3) is 0 Å². The molecular formula is C7H13NO2. The third-order valence-electron chi connectivity index (χ3n) is 2.63. The van der Waals surface area contributed by atoms with Crippen molar-refractivity contribution in [1.82, 2.24) is 5.32 Å². The summed E-state index contributed by atoms with van der Waals surface area (Å²) >= 11 is 0. The average molecular weight is 143 g/mol. The summed E-state index contributed by atoms with van der Waals surface area (Å²) in [7, 11) is 0. The molecule has 3 N–H and O–H groups in total. The van der Waals surface area contributed by atoms with Crippen molar-refractivity contribution in [3.8, 4) is 0 Å². The molecule has 58 valence electrons. The second-order valence-corrected chi connectivity index (χ2v) is 3.29. The van der Waals surface area contributed by atoms with Crippen LogP contribution in [0.1, 0.15) is 19.3 Å². The first-order valence-corrected chi connectivity index (χ1v) is 3.91. The molecule has 0 amide bonds. The monoisotopic (exact) mass is 143 g/mol. The quantitative estimate of drug-likeness (QED) is 0.417. The van der Waals surface area contributed by atoms with Gasteiger partial charge in [-0.05, 0) is 12.8 Å². The second-order valence-electron chi connectivity index (χ2n) is 3.29. The van der Waals surface area contributed by atoms with Gasteiger partial charge in [-0.1, -0.05) is 6.42 Å². The lowest BCUT2D eigenvalue weighted by atomic mass is 10.1. The van der Waals surface area contributed by atoms with Crippen LogP contribution in [0, 0.1) is 0 Å². The molecule has 2 fully saturated rings. The molecule has 0 aliphatic carbocycles. The molecule has 0 radical (unpaired) electrons. The Kier molecular flexibility index (Phi) is 1.44. The topological polar surface area (TPSA) is 52.5 Å². The molecule has 0 unspecified atom stereocenters. The number of hydrogen-bond acceptors (Lipinski definition) is 3. The molecule has 0 aromatic rings. The van der Waals surface area contributed by atoms with E-state index in [2.05, 4.69) is 5.32 Å². The van der Waals surface area contributed by atoms with Crippen LogP contribution in [-0.2, 0) is 0 Å². The van der Waals surface area contributed by atoms with Crippen molar-refractivity contribution < 1.29 is 10.2 Å². The maximum absolute atomic E-state index is 9.36. The standard InChI is InChI=1S/C7H13NO2/c9-6-4-2-1-3-5(8-4)7(6)10/h4-10H,1-3H2/t4-,5-,6-,7+/m1/s1. The summed E-state index contributed by atoms with van der Waals surface area (Å²) in [5.74, 6) is 0. The molecule has 2 saturated heterocycles. The van der Waals surface area contributed by atoms with Crippen LogP contribution in [0.2, 0.25) is 0 Å². The molecule has 2 heterocycles. The fraction of sp³-hybridized carbons (Fsp3) is 1.00. The van der Waals surface area contributed by atoms with E-state index in [0.29, 0.717) is 0 Å². The van der Waals surface area contributed by atoms with Gasteiger partial charge in [0, 0.05) is 12.1 Å². The van der Waals surface area contributed by atoms with Crippen molar-refractivity contribution in [1.29, 1.82) is 0 Å². The van der Waals surface area contributed by atoms with Crippen molar-refractivity contribution in [3.63, 3.8) is 0 Å². The van der Waals surface area contributed by atoms with Crippen LogP contribution in [0.3, 0.4) is 0 Å². The van der Waals surface area contributed by atoms with Crippen LogP contribution < -0.4 is 5.32 Å². The van der Waals surface area contributed by atoms with Gasteiger partial charge < -0.3 is 15.5 Å². The number of piperidine rings is 1. The van der Waals surface area contributed by atoms with E-state index in [9.17, 15) is 10.2 Å². The predicted octanol–water partition coefficient (Wildman–Crippen LogP) is -0.768. The summed E-state index contributed by atoms with van der Waals surface area (Å²) in [5.41, 5.74) is 0. The first-order chi connectivity index (χ1) is 4.79. The van der Waals surface area contributed by atoms with E-state index < -0.39 is 12.2 Å². The Morgan fingerprint density at radius 1 is 1.00 bits per heavy atom. The number of hydrogen-bond donors (Lipinski definition) is 3. The number of fused-ring (bicyclic) bond motifs is 2. The molecule has 0 saturated carbocycles. The maximum atomic E-state index is 9.36. The highest BCUT2D eigenvalue weighted by Gasteiger charge is 2.42. The molecule has 0 aromatic heterocycles. The minimum absolute atomic E-state index is 0.161. The molecule has 3 nitrogen and oxygen atoms in total. The van der Waals surface area contributed by atoms with E-state index in [4.69, 9.17) is 0 Å². The van der Waals surface area contributed by atoms with Crippen LogP contribution in [0.5, 0.6) is 0 Å². The summed E-state index contributed by atoms with van der Waals surface area (Å²) < 4.78 is 0. The maximum Gasteiger partial charge on any atom is 0.0967 e. The van der Waals surface area contributed by atoms with E-state index in [1.165, 1.54) is 0 Å². The summed E-state index contributed by atoms with van der Waals surface area (Å²) in [6.07, 6.45) is 2.11. The first-order valence-electron chi connectivity index (χ1n) is 3.91. The minimum Gasteiger partial charge on any atom is -0.389 e. The lowest BCUT2D eigenvalue weighted by Gasteiger charge is -2.20. The molecule has 2 aliphatic heterocycles. The highest BCUT2D eigenvalue weighted by atomic mass is 16.3. The third-order valence-corrected chi connectivity index (χ3v) is 2.63. The van der Waals surface area contributed by atoms with Gasteiger partial charge in [0.25, 0.3) is 0 Å². The Morgan fingerprint density at radius 3 is 1.90 bits per heavy atom. The lowest BCUT2D eigenvalue weighted by Crippen LogP contribution is -2.37. The fourth-order valence-electron chi connectivity index (χ4n) is 2.01. The van der Waals surface area contributed by atoms with Gasteiger partial charge >= 0.3 is 0 Å². The highest BCUT2D eigenvalue weighted by molar-refractivity contribution is 5.00. The zero-order chi connectivity index (χ0) is 7.14. The second kappa shape index (κ2) is 2.19. The Morgan fingerprint density at radius 2 is 1.50 bits per heavy atom. The van der Waals surface area contributed by atoms with Crippen LogP contribution >= 0.6 is 0 Å². The SMILES string of the molecule is O[C@@H]1[C@H](O)[C@H]2CCC[C@H]1N2. The van der Waals surface area contributed by atoms with Gasteiger partial charge in [-0.15, -0.1) is 0 Å². The van der Waals surface area contributed by atoms with Crippen LogP contribution in [-0.4, -0.2) is 34.5 Å². The Balaban J connectivity index is 2.13. The molecule has 0 aromatic carbocycles. The van der Waals surface area contributed by atoms with Crippen molar-refractivity contribution in [2.75, 3.05) is 0 Å². The summed E-state index contributed by atoms with van der Waals surface area (Å²) in [5, 5.41) is 21.9. The van der Waals surface area contributed by atoms with Gasteiger partial charge in [0.15, 0.2) is 0 Å². The van der Waals surface area contributed by atoms with Gasteiger partial charge in [-0.25, -0.2) is 0 Å². The number of nitrogens with one attached hydrogen (secondary N) is 1. The fourth-order valence-corrected chi connectivity index (χ4v) is 2.01. The highest BCUT2D eigenvalue weighted by Crippen LogP contribution is 2.26. The molecule has 10 heavy (non-hydrogen) atoms. The molecule has 0 spiro atoms. The van der Waals surface area contributed by atoms with Gasteiger partial charge in [0.2, 0.25) is 0 Å². The predicted molar refractivity (Wildman–Crippen MR) is 36.6 cm³/mol. The summed E-state index contributed by atoms with van der Waals surface area (Å²) in [6, 6.07) is 0.322. The first kappa shape index (κ1) is 6.58. The number of aliphatic hydroxyl groups excluding tert-OH is 2. The van der Waals surface area contributed by atoms with Gasteiger partial charge in [-0.3, -0.25) is 0 Å². The van der Waals surface area contributed by atoms with E-state index in [1.54, 1.807) is 0 Å². The molecule has 4 atom stereocenters. The van der Waals surface area contributed by atoms with Gasteiger partial charge in [-0.2, -0.15) is 0 Å². The molecule has 2 rings (SSSR count). The van der Waals surface area contributed by atoms with E-state index in [-0.39, 0.29) is 12.1 Å². The third kappa shape index (κ3) is 0.779. The van der Waals surface area contributed by atoms with Crippen molar-refractivity contribution >= 4 is 0 Å². The molecule has 3 heteroatoms. The lowest BCUT2D eigenvalue weighted by molar-refractivity contribution is 0.0327. The smallest absolute Gasteiger partial charge is 0.0967 e. The zero-order valence-corrected chi connectivity index (χ0v) is 5.83. The van der Waals surface area contributed by atoms with Crippen molar-refractivity contribution in [3.05, 3.63) is 0 Å². The Labute approximate surface area is 60.1 Å². The largest absolute Gasteiger partial charge is 0.389 e. The molecule has 2 bridgehead atoms. The normalized spacial score (nSPS) is 53.4. The van der Waals surface area contributed by atoms with E-state index in [1.807, 2.05) is 0 Å². The van der Waals surface area contributed by atoms with Crippen LogP contribution in [0.4, 0.5) is 0 Å². The average Bonchev–Trinajstić information content (AvgIpc) is 2.17. The molecule has 2 aliphatic rings. The molecular weight excluding hydrogens is 130 g/mol. The number of rotatable bonds is 0. The number of aliphatic hydroxyl groups is 2. The Bertz CT molecular complexity index is 122. The van der Waals surface area contributed by atoms with E-state index in [0.717, 1.165) is 19.3 Å². The van der Waals surface area contributed by atoms with Crippen molar-refractivity contribution in [2.24, 2.45) is 0 Å². The Hall–Kier alpha value is -0.120. The summed E-state index contributed by atoms with van der Waals surface area (Å²) in [4.78, 5) is 0. The zero-order valence-electron chi connectivity index (χ0n) is 5.83. The van der Waals surface area contributed by atoms with Gasteiger partial charge in [0.1, 0.15) is 0 Å². The van der Waals surface area contributed by atoms with Crippen molar-refractivity contribution in [2.45, 2.75) is 43.6 Å².